The molecule has 2 aromatic carbocycles. The fourth-order valence-electron chi connectivity index (χ4n) is 2.24. The zero-order valence-electron chi connectivity index (χ0n) is 11.5. The lowest BCUT2D eigenvalue weighted by Crippen LogP contribution is -2.00. The van der Waals surface area contributed by atoms with Crippen LogP contribution >= 0.6 is 0 Å². The Kier molecular flexibility index (Phi) is 3.36. The smallest absolute Gasteiger partial charge is 0.336 e. The molecule has 21 heavy (non-hydrogen) atoms. The van der Waals surface area contributed by atoms with Gasteiger partial charge >= 0.3 is 5.97 Å². The maximum absolute atomic E-state index is 11.6. The highest BCUT2D eigenvalue weighted by molar-refractivity contribution is 6.20. The first kappa shape index (κ1) is 13.2. The fourth-order valence-corrected chi connectivity index (χ4v) is 2.24. The van der Waals surface area contributed by atoms with Gasteiger partial charge in [0.25, 0.3) is 0 Å². The molecule has 0 atom stereocenters. The summed E-state index contributed by atoms with van der Waals surface area (Å²) in [6.45, 7) is 2.12. The van der Waals surface area contributed by atoms with Gasteiger partial charge in [-0.3, -0.25) is 0 Å². The van der Waals surface area contributed by atoms with Crippen LogP contribution < -0.4 is 9.47 Å². The maximum atomic E-state index is 11.6. The molecular formula is C17H14O4. The number of carboxylic acids is 1. The highest BCUT2D eigenvalue weighted by Crippen LogP contribution is 2.35. The van der Waals surface area contributed by atoms with Crippen LogP contribution in [0.5, 0.6) is 11.5 Å². The second kappa shape index (κ2) is 5.32. The molecule has 2 aromatic rings. The molecule has 0 fully saturated rings. The molecule has 3 rings (SSSR count). The quantitative estimate of drug-likeness (QED) is 0.693. The number of rotatable bonds is 3. The van der Waals surface area contributed by atoms with Crippen molar-refractivity contribution in [1.29, 1.82) is 0 Å². The second-order valence-corrected chi connectivity index (χ2v) is 4.79. The van der Waals surface area contributed by atoms with Crippen molar-refractivity contribution in [2.75, 3.05) is 6.79 Å². The molecular weight excluding hydrogens is 268 g/mol. The average molecular weight is 282 g/mol. The van der Waals surface area contributed by atoms with Crippen molar-refractivity contribution in [3.8, 4) is 11.5 Å². The van der Waals surface area contributed by atoms with Crippen LogP contribution in [0.15, 0.2) is 42.5 Å². The van der Waals surface area contributed by atoms with E-state index in [0.717, 1.165) is 11.1 Å². The first-order chi connectivity index (χ1) is 10.1. The van der Waals surface area contributed by atoms with Crippen LogP contribution in [0.1, 0.15) is 16.7 Å². The van der Waals surface area contributed by atoms with E-state index in [1.165, 1.54) is 0 Å². The summed E-state index contributed by atoms with van der Waals surface area (Å²) in [5.74, 6) is 0.237. The van der Waals surface area contributed by atoms with E-state index in [0.29, 0.717) is 17.1 Å². The third kappa shape index (κ3) is 2.60. The summed E-state index contributed by atoms with van der Waals surface area (Å²) in [5, 5.41) is 9.49. The molecule has 0 spiro atoms. The summed E-state index contributed by atoms with van der Waals surface area (Å²) < 4.78 is 10.5. The van der Waals surface area contributed by atoms with Crippen molar-refractivity contribution in [1.82, 2.24) is 0 Å². The van der Waals surface area contributed by atoms with E-state index < -0.39 is 5.97 Å². The van der Waals surface area contributed by atoms with Crippen molar-refractivity contribution in [3.05, 3.63) is 59.2 Å². The number of hydrogen-bond acceptors (Lipinski definition) is 3. The number of aliphatic carboxylic acids is 1. The minimum atomic E-state index is -0.975. The Hall–Kier alpha value is -2.75. The molecule has 0 unspecified atom stereocenters. The number of ether oxygens (including phenoxy) is 2. The SMILES string of the molecule is Cc1ccccc1/C=C(/C(=O)O)c1ccc2c(c1)OCO2. The lowest BCUT2D eigenvalue weighted by Gasteiger charge is -2.06. The van der Waals surface area contributed by atoms with E-state index in [1.54, 1.807) is 24.3 Å². The summed E-state index contributed by atoms with van der Waals surface area (Å²) in [7, 11) is 0. The van der Waals surface area contributed by atoms with Crippen molar-refractivity contribution in [3.63, 3.8) is 0 Å². The molecule has 0 amide bonds. The van der Waals surface area contributed by atoms with Gasteiger partial charge in [0, 0.05) is 0 Å². The van der Waals surface area contributed by atoms with Gasteiger partial charge in [0.15, 0.2) is 11.5 Å². The standard InChI is InChI=1S/C17H14O4/c1-11-4-2-3-5-12(11)8-14(17(18)19)13-6-7-15-16(9-13)21-10-20-15/h2-9H,10H2,1H3,(H,18,19)/b14-8+. The minimum absolute atomic E-state index is 0.169. The highest BCUT2D eigenvalue weighted by Gasteiger charge is 2.17. The zero-order valence-corrected chi connectivity index (χ0v) is 11.5. The van der Waals surface area contributed by atoms with E-state index in [1.807, 2.05) is 31.2 Å². The topological polar surface area (TPSA) is 55.8 Å². The Morgan fingerprint density at radius 1 is 1.14 bits per heavy atom. The molecule has 1 N–H and O–H groups in total. The monoisotopic (exact) mass is 282 g/mol. The van der Waals surface area contributed by atoms with Crippen molar-refractivity contribution >= 4 is 17.6 Å². The first-order valence-electron chi connectivity index (χ1n) is 6.56. The van der Waals surface area contributed by atoms with Gasteiger partial charge in [0.1, 0.15) is 0 Å². The molecule has 0 saturated carbocycles. The van der Waals surface area contributed by atoms with E-state index in [-0.39, 0.29) is 12.4 Å². The van der Waals surface area contributed by atoms with Crippen LogP contribution in [0.2, 0.25) is 0 Å². The Morgan fingerprint density at radius 2 is 1.90 bits per heavy atom. The van der Waals surface area contributed by atoms with Crippen LogP contribution in [0.3, 0.4) is 0 Å². The van der Waals surface area contributed by atoms with Gasteiger partial charge in [-0.2, -0.15) is 0 Å². The van der Waals surface area contributed by atoms with E-state index in [2.05, 4.69) is 0 Å². The zero-order chi connectivity index (χ0) is 14.8. The van der Waals surface area contributed by atoms with Crippen LogP contribution in [0.4, 0.5) is 0 Å². The minimum Gasteiger partial charge on any atom is -0.478 e. The van der Waals surface area contributed by atoms with Crippen LogP contribution in [-0.4, -0.2) is 17.9 Å². The average Bonchev–Trinajstić information content (AvgIpc) is 2.93. The third-order valence-electron chi connectivity index (χ3n) is 3.40. The number of aryl methyl sites for hydroxylation is 1. The van der Waals surface area contributed by atoms with Gasteiger partial charge in [-0.1, -0.05) is 30.3 Å². The molecule has 1 heterocycles. The van der Waals surface area contributed by atoms with Gasteiger partial charge in [0.2, 0.25) is 6.79 Å². The van der Waals surface area contributed by atoms with Gasteiger partial charge in [-0.25, -0.2) is 4.79 Å². The summed E-state index contributed by atoms with van der Waals surface area (Å²) in [4.78, 5) is 11.6. The molecule has 0 aromatic heterocycles. The largest absolute Gasteiger partial charge is 0.478 e. The molecule has 1 aliphatic heterocycles. The third-order valence-corrected chi connectivity index (χ3v) is 3.40. The Balaban J connectivity index is 2.07. The van der Waals surface area contributed by atoms with Crippen molar-refractivity contribution < 1.29 is 19.4 Å². The lowest BCUT2D eigenvalue weighted by molar-refractivity contribution is -0.130. The molecule has 4 heteroatoms. The summed E-state index contributed by atoms with van der Waals surface area (Å²) in [6.07, 6.45) is 1.68. The van der Waals surface area contributed by atoms with Crippen LogP contribution in [0, 0.1) is 6.92 Å². The predicted molar refractivity (Wildman–Crippen MR) is 79.3 cm³/mol. The number of hydrogen-bond donors (Lipinski definition) is 1. The summed E-state index contributed by atoms with van der Waals surface area (Å²) in [6, 6.07) is 12.8. The molecule has 106 valence electrons. The van der Waals surface area contributed by atoms with Crippen molar-refractivity contribution in [2.24, 2.45) is 0 Å². The van der Waals surface area contributed by atoms with E-state index in [4.69, 9.17) is 9.47 Å². The van der Waals surface area contributed by atoms with Crippen molar-refractivity contribution in [2.45, 2.75) is 6.92 Å². The van der Waals surface area contributed by atoms with Gasteiger partial charge in [0.05, 0.1) is 5.57 Å². The van der Waals surface area contributed by atoms with Crippen LogP contribution in [-0.2, 0) is 4.79 Å². The normalized spacial score (nSPS) is 13.3. The number of fused-ring (bicyclic) bond motifs is 1. The molecule has 0 saturated heterocycles. The Morgan fingerprint density at radius 3 is 2.67 bits per heavy atom. The first-order valence-corrected chi connectivity index (χ1v) is 6.56. The lowest BCUT2D eigenvalue weighted by atomic mass is 10.00. The molecule has 4 nitrogen and oxygen atoms in total. The molecule has 0 bridgehead atoms. The predicted octanol–water partition coefficient (Wildman–Crippen LogP) is 3.35. The van der Waals surface area contributed by atoms with Crippen LogP contribution in [0.25, 0.3) is 11.6 Å². The van der Waals surface area contributed by atoms with Gasteiger partial charge in [-0.05, 0) is 41.8 Å². The Labute approximate surface area is 122 Å². The highest BCUT2D eigenvalue weighted by atomic mass is 16.7. The molecule has 0 aliphatic carbocycles. The van der Waals surface area contributed by atoms with E-state index >= 15 is 0 Å². The number of benzene rings is 2. The van der Waals surface area contributed by atoms with Gasteiger partial charge in [-0.15, -0.1) is 0 Å². The summed E-state index contributed by atoms with van der Waals surface area (Å²) in [5.41, 5.74) is 2.72. The van der Waals surface area contributed by atoms with E-state index in [9.17, 15) is 9.90 Å². The number of carboxylic acid groups (broad SMARTS) is 1. The Bertz CT molecular complexity index is 731. The number of carbonyl (C=O) groups is 1. The van der Waals surface area contributed by atoms with Gasteiger partial charge < -0.3 is 14.6 Å². The fraction of sp³-hybridized carbons (Fsp3) is 0.118. The maximum Gasteiger partial charge on any atom is 0.336 e. The molecule has 1 aliphatic rings. The molecule has 0 radical (unpaired) electrons. The second-order valence-electron chi connectivity index (χ2n) is 4.79. The summed E-state index contributed by atoms with van der Waals surface area (Å²) >= 11 is 0.